The van der Waals surface area contributed by atoms with Crippen LogP contribution in [0.1, 0.15) is 44.1 Å². The largest absolute Gasteiger partial charge is 0.491 e. The Kier molecular flexibility index (Phi) is 7.65. The van der Waals surface area contributed by atoms with Crippen LogP contribution in [0, 0.1) is 5.92 Å². The average Bonchev–Trinajstić information content (AvgIpc) is 3.24. The Morgan fingerprint density at radius 1 is 1.03 bits per heavy atom. The van der Waals surface area contributed by atoms with Crippen molar-refractivity contribution in [1.82, 2.24) is 9.80 Å². The summed E-state index contributed by atoms with van der Waals surface area (Å²) in [7, 11) is 0. The van der Waals surface area contributed by atoms with Crippen molar-refractivity contribution in [2.45, 2.75) is 56.8 Å². The molecule has 168 valence electrons. The minimum atomic E-state index is -0.492. The first-order valence-corrected chi connectivity index (χ1v) is 11.7. The molecule has 0 saturated carbocycles. The number of benzene rings is 1. The van der Waals surface area contributed by atoms with Gasteiger partial charge in [0, 0.05) is 39.4 Å². The van der Waals surface area contributed by atoms with Crippen molar-refractivity contribution in [3.05, 3.63) is 29.8 Å². The predicted molar refractivity (Wildman–Crippen MR) is 117 cm³/mol. The lowest BCUT2D eigenvalue weighted by Crippen LogP contribution is -2.43. The molecule has 2 N–H and O–H groups in total. The van der Waals surface area contributed by atoms with Crippen molar-refractivity contribution >= 4 is 0 Å². The molecule has 1 aromatic rings. The van der Waals surface area contributed by atoms with E-state index >= 15 is 0 Å². The maximum Gasteiger partial charge on any atom is 0.119 e. The highest BCUT2D eigenvalue weighted by atomic mass is 16.5. The lowest BCUT2D eigenvalue weighted by molar-refractivity contribution is -0.0447. The topological polar surface area (TPSA) is 65.4 Å². The van der Waals surface area contributed by atoms with Crippen LogP contribution in [0.5, 0.6) is 5.75 Å². The van der Waals surface area contributed by atoms with Crippen molar-refractivity contribution in [2.24, 2.45) is 5.92 Å². The van der Waals surface area contributed by atoms with E-state index in [1.165, 1.54) is 18.4 Å². The zero-order chi connectivity index (χ0) is 20.8. The molecule has 3 fully saturated rings. The minimum Gasteiger partial charge on any atom is -0.491 e. The summed E-state index contributed by atoms with van der Waals surface area (Å²) < 4.78 is 11.8. The first kappa shape index (κ1) is 22.0. The van der Waals surface area contributed by atoms with Gasteiger partial charge >= 0.3 is 0 Å². The Hall–Kier alpha value is -1.18. The number of aliphatic hydroxyl groups is 2. The smallest absolute Gasteiger partial charge is 0.119 e. The standard InChI is InChI=1S/C24H38N2O4/c27-18-21-6-11-25(12-7-21)17-22(28)19-29-23-4-2-20(3-5-23)16-26-13-9-24(10-14-26)8-1-15-30-24/h2-5,21-22,27-28H,1,6-19H2. The molecule has 3 saturated heterocycles. The van der Waals surface area contributed by atoms with Crippen LogP contribution in [0.2, 0.25) is 0 Å². The van der Waals surface area contributed by atoms with Crippen LogP contribution < -0.4 is 4.74 Å². The van der Waals surface area contributed by atoms with Gasteiger partial charge in [0.05, 0.1) is 5.60 Å². The van der Waals surface area contributed by atoms with Gasteiger partial charge in [-0.05, 0) is 75.2 Å². The van der Waals surface area contributed by atoms with Crippen molar-refractivity contribution in [2.75, 3.05) is 52.5 Å². The number of β-amino-alcohol motifs (C(OH)–C–C–N with tert-alkyl or cyclic N) is 1. The molecule has 1 atom stereocenters. The molecule has 6 nitrogen and oxygen atoms in total. The summed E-state index contributed by atoms with van der Waals surface area (Å²) in [6.45, 7) is 7.26. The van der Waals surface area contributed by atoms with E-state index in [2.05, 4.69) is 21.9 Å². The minimum absolute atomic E-state index is 0.184. The Morgan fingerprint density at radius 3 is 2.40 bits per heavy atom. The number of likely N-dealkylation sites (tertiary alicyclic amines) is 2. The molecule has 4 rings (SSSR count). The monoisotopic (exact) mass is 418 g/mol. The zero-order valence-corrected chi connectivity index (χ0v) is 18.2. The Morgan fingerprint density at radius 2 is 1.77 bits per heavy atom. The third kappa shape index (κ3) is 5.95. The van der Waals surface area contributed by atoms with Crippen LogP contribution in [0.15, 0.2) is 24.3 Å². The summed E-state index contributed by atoms with van der Waals surface area (Å²) in [4.78, 5) is 4.79. The van der Waals surface area contributed by atoms with Gasteiger partial charge < -0.3 is 24.6 Å². The molecule has 3 aliphatic heterocycles. The summed E-state index contributed by atoms with van der Waals surface area (Å²) >= 11 is 0. The van der Waals surface area contributed by atoms with Gasteiger partial charge in [0.25, 0.3) is 0 Å². The fraction of sp³-hybridized carbons (Fsp3) is 0.750. The van der Waals surface area contributed by atoms with Gasteiger partial charge in [-0.3, -0.25) is 4.90 Å². The summed E-state index contributed by atoms with van der Waals surface area (Å²) in [6.07, 6.45) is 6.30. The van der Waals surface area contributed by atoms with Gasteiger partial charge in [0.2, 0.25) is 0 Å². The highest BCUT2D eigenvalue weighted by molar-refractivity contribution is 5.27. The molecule has 1 aromatic carbocycles. The number of nitrogens with zero attached hydrogens (tertiary/aromatic N) is 2. The third-order valence-corrected chi connectivity index (χ3v) is 7.16. The molecule has 3 aliphatic rings. The number of rotatable bonds is 8. The normalized spacial score (nSPS) is 24.3. The molecule has 3 heterocycles. The average molecular weight is 419 g/mol. The maximum atomic E-state index is 10.3. The quantitative estimate of drug-likeness (QED) is 0.675. The van der Waals surface area contributed by atoms with E-state index in [1.54, 1.807) is 0 Å². The van der Waals surface area contributed by atoms with E-state index in [0.717, 1.165) is 70.8 Å². The van der Waals surface area contributed by atoms with E-state index in [0.29, 0.717) is 19.1 Å². The predicted octanol–water partition coefficient (Wildman–Crippen LogP) is 2.28. The molecule has 0 bridgehead atoms. The van der Waals surface area contributed by atoms with Crippen molar-refractivity contribution in [3.8, 4) is 5.75 Å². The number of hydrogen-bond acceptors (Lipinski definition) is 6. The molecule has 6 heteroatoms. The number of aliphatic hydroxyl groups excluding tert-OH is 2. The van der Waals surface area contributed by atoms with Crippen molar-refractivity contribution in [3.63, 3.8) is 0 Å². The van der Waals surface area contributed by atoms with Gasteiger partial charge in [0.15, 0.2) is 0 Å². The van der Waals surface area contributed by atoms with Crippen molar-refractivity contribution in [1.29, 1.82) is 0 Å². The first-order valence-electron chi connectivity index (χ1n) is 11.7. The molecule has 0 radical (unpaired) electrons. The van der Waals surface area contributed by atoms with Crippen LogP contribution in [0.25, 0.3) is 0 Å². The van der Waals surface area contributed by atoms with Crippen LogP contribution in [0.4, 0.5) is 0 Å². The molecular weight excluding hydrogens is 380 g/mol. The van der Waals surface area contributed by atoms with Crippen molar-refractivity contribution < 1.29 is 19.7 Å². The SMILES string of the molecule is OCC1CCN(CC(O)COc2ccc(CN3CCC4(CCCO4)CC3)cc2)CC1. The molecule has 1 spiro atoms. The Balaban J connectivity index is 1.15. The lowest BCUT2D eigenvalue weighted by Gasteiger charge is -2.38. The fourth-order valence-electron chi connectivity index (χ4n) is 5.11. The second kappa shape index (κ2) is 10.4. The highest BCUT2D eigenvalue weighted by Crippen LogP contribution is 2.36. The lowest BCUT2D eigenvalue weighted by atomic mass is 9.88. The van der Waals surface area contributed by atoms with E-state index < -0.39 is 6.10 Å². The maximum absolute atomic E-state index is 10.3. The summed E-state index contributed by atoms with van der Waals surface area (Å²) in [5, 5.41) is 19.5. The molecule has 0 aliphatic carbocycles. The third-order valence-electron chi connectivity index (χ3n) is 7.16. The van der Waals surface area contributed by atoms with Crippen LogP contribution in [-0.2, 0) is 11.3 Å². The summed E-state index contributed by atoms with van der Waals surface area (Å²) in [5.41, 5.74) is 1.49. The molecule has 0 aromatic heterocycles. The highest BCUT2D eigenvalue weighted by Gasteiger charge is 2.38. The van der Waals surface area contributed by atoms with Gasteiger partial charge in [0.1, 0.15) is 18.5 Å². The number of piperidine rings is 2. The zero-order valence-electron chi connectivity index (χ0n) is 18.2. The van der Waals surface area contributed by atoms with Gasteiger partial charge in [-0.15, -0.1) is 0 Å². The number of ether oxygens (including phenoxy) is 2. The summed E-state index contributed by atoms with van der Waals surface area (Å²) in [6, 6.07) is 8.30. The van der Waals surface area contributed by atoms with E-state index in [9.17, 15) is 10.2 Å². The van der Waals surface area contributed by atoms with E-state index in [1.807, 2.05) is 12.1 Å². The number of hydrogen-bond donors (Lipinski definition) is 2. The summed E-state index contributed by atoms with van der Waals surface area (Å²) in [5.74, 6) is 1.24. The molecular formula is C24H38N2O4. The van der Waals surface area contributed by atoms with Crippen LogP contribution >= 0.6 is 0 Å². The molecule has 0 amide bonds. The second-order valence-corrected chi connectivity index (χ2v) is 9.45. The fourth-order valence-corrected chi connectivity index (χ4v) is 5.11. The second-order valence-electron chi connectivity index (χ2n) is 9.45. The van der Waals surface area contributed by atoms with Crippen LogP contribution in [0.3, 0.4) is 0 Å². The Bertz CT molecular complexity index is 629. The molecule has 1 unspecified atom stereocenters. The van der Waals surface area contributed by atoms with Crippen LogP contribution in [-0.4, -0.2) is 84.3 Å². The van der Waals surface area contributed by atoms with Gasteiger partial charge in [-0.2, -0.15) is 0 Å². The molecule has 30 heavy (non-hydrogen) atoms. The van der Waals surface area contributed by atoms with E-state index in [4.69, 9.17) is 9.47 Å². The first-order chi connectivity index (χ1) is 14.6. The van der Waals surface area contributed by atoms with Gasteiger partial charge in [-0.25, -0.2) is 0 Å². The van der Waals surface area contributed by atoms with Gasteiger partial charge in [-0.1, -0.05) is 12.1 Å². The van der Waals surface area contributed by atoms with E-state index in [-0.39, 0.29) is 12.2 Å². The Labute approximate surface area is 180 Å².